The highest BCUT2D eigenvalue weighted by Gasteiger charge is 2.12. The van der Waals surface area contributed by atoms with Crippen molar-refractivity contribution in [3.05, 3.63) is 27.1 Å². The molecule has 0 radical (unpaired) electrons. The summed E-state index contributed by atoms with van der Waals surface area (Å²) in [5.41, 5.74) is 6.33. The average molecular weight is 336 g/mol. The standard InChI is InChI=1S/C10H12Br2N2O/c1-2-8(13)10(15)14-9-5-6(11)3-4-7(9)12/h3-5,8H,2,13H2,1H3,(H,14,15)/t8-/m0/s1. The number of carbonyl (C=O) groups excluding carboxylic acids is 1. The van der Waals surface area contributed by atoms with E-state index < -0.39 is 6.04 Å². The van der Waals surface area contributed by atoms with E-state index in [2.05, 4.69) is 37.2 Å². The fraction of sp³-hybridized carbons (Fsp3) is 0.300. The van der Waals surface area contributed by atoms with Gasteiger partial charge in [-0.05, 0) is 40.5 Å². The molecule has 1 aromatic carbocycles. The molecule has 0 aliphatic heterocycles. The number of halogens is 2. The van der Waals surface area contributed by atoms with Gasteiger partial charge in [0.2, 0.25) is 5.91 Å². The van der Waals surface area contributed by atoms with Crippen LogP contribution in [0.2, 0.25) is 0 Å². The Kier molecular flexibility index (Phi) is 4.76. The van der Waals surface area contributed by atoms with E-state index in [-0.39, 0.29) is 5.91 Å². The number of hydrogen-bond donors (Lipinski definition) is 2. The molecule has 3 N–H and O–H groups in total. The maximum Gasteiger partial charge on any atom is 0.241 e. The Morgan fingerprint density at radius 3 is 2.80 bits per heavy atom. The van der Waals surface area contributed by atoms with Crippen LogP contribution >= 0.6 is 31.9 Å². The average Bonchev–Trinajstić information content (AvgIpc) is 2.22. The van der Waals surface area contributed by atoms with Crippen LogP contribution in [0.3, 0.4) is 0 Å². The highest BCUT2D eigenvalue weighted by atomic mass is 79.9. The minimum absolute atomic E-state index is 0.170. The molecule has 0 aliphatic carbocycles. The molecule has 0 spiro atoms. The molecule has 5 heteroatoms. The predicted molar refractivity (Wildman–Crippen MR) is 68.7 cm³/mol. The van der Waals surface area contributed by atoms with Crippen LogP contribution in [0.15, 0.2) is 27.1 Å². The Morgan fingerprint density at radius 1 is 1.53 bits per heavy atom. The Balaban J connectivity index is 2.80. The Morgan fingerprint density at radius 2 is 2.20 bits per heavy atom. The second kappa shape index (κ2) is 5.63. The third-order valence-electron chi connectivity index (χ3n) is 1.96. The van der Waals surface area contributed by atoms with E-state index in [4.69, 9.17) is 5.73 Å². The molecule has 1 aromatic rings. The van der Waals surface area contributed by atoms with Crippen LogP contribution in [-0.4, -0.2) is 11.9 Å². The van der Waals surface area contributed by atoms with Gasteiger partial charge in [-0.3, -0.25) is 4.79 Å². The van der Waals surface area contributed by atoms with Crippen LogP contribution < -0.4 is 11.1 Å². The number of carbonyl (C=O) groups is 1. The summed E-state index contributed by atoms with van der Waals surface area (Å²) in [6, 6.07) is 5.11. The molecule has 15 heavy (non-hydrogen) atoms. The van der Waals surface area contributed by atoms with E-state index in [0.717, 1.165) is 14.6 Å². The lowest BCUT2D eigenvalue weighted by Gasteiger charge is -2.11. The molecule has 1 atom stereocenters. The van der Waals surface area contributed by atoms with E-state index >= 15 is 0 Å². The fourth-order valence-electron chi connectivity index (χ4n) is 1.00. The molecule has 1 rings (SSSR count). The van der Waals surface area contributed by atoms with Crippen LogP contribution in [0.25, 0.3) is 0 Å². The van der Waals surface area contributed by atoms with Crippen LogP contribution in [0.1, 0.15) is 13.3 Å². The van der Waals surface area contributed by atoms with Crippen molar-refractivity contribution < 1.29 is 4.79 Å². The van der Waals surface area contributed by atoms with E-state index in [1.165, 1.54) is 0 Å². The first-order valence-corrected chi connectivity index (χ1v) is 6.14. The lowest BCUT2D eigenvalue weighted by atomic mass is 10.2. The van der Waals surface area contributed by atoms with Gasteiger partial charge in [0.25, 0.3) is 0 Å². The Labute approximate surface area is 106 Å². The number of hydrogen-bond acceptors (Lipinski definition) is 2. The molecule has 0 fully saturated rings. The van der Waals surface area contributed by atoms with Crippen molar-refractivity contribution in [1.82, 2.24) is 0 Å². The second-order valence-corrected chi connectivity index (χ2v) is 4.90. The number of rotatable bonds is 3. The minimum Gasteiger partial charge on any atom is -0.324 e. The summed E-state index contributed by atoms with van der Waals surface area (Å²) in [6.07, 6.45) is 0.622. The van der Waals surface area contributed by atoms with Crippen molar-refractivity contribution in [2.24, 2.45) is 5.73 Å². The summed E-state index contributed by atoms with van der Waals surface area (Å²) < 4.78 is 1.74. The molecule has 0 aromatic heterocycles. The number of nitrogens with one attached hydrogen (secondary N) is 1. The maximum absolute atomic E-state index is 11.5. The van der Waals surface area contributed by atoms with Crippen molar-refractivity contribution in [3.8, 4) is 0 Å². The summed E-state index contributed by atoms with van der Waals surface area (Å²) in [5.74, 6) is -0.170. The topological polar surface area (TPSA) is 55.1 Å². The van der Waals surface area contributed by atoms with E-state index in [1.54, 1.807) is 0 Å². The fourth-order valence-corrected chi connectivity index (χ4v) is 1.71. The Bertz CT molecular complexity index is 368. The van der Waals surface area contributed by atoms with Crippen molar-refractivity contribution >= 4 is 43.5 Å². The zero-order chi connectivity index (χ0) is 11.4. The van der Waals surface area contributed by atoms with Gasteiger partial charge in [-0.25, -0.2) is 0 Å². The number of anilines is 1. The summed E-state index contributed by atoms with van der Waals surface area (Å²) >= 11 is 6.69. The quantitative estimate of drug-likeness (QED) is 0.892. The third kappa shape index (κ3) is 3.59. The predicted octanol–water partition coefficient (Wildman–Crippen LogP) is 2.89. The molecule has 0 heterocycles. The second-order valence-electron chi connectivity index (χ2n) is 3.13. The van der Waals surface area contributed by atoms with Gasteiger partial charge in [-0.15, -0.1) is 0 Å². The van der Waals surface area contributed by atoms with E-state index in [9.17, 15) is 4.79 Å². The SMILES string of the molecule is CC[C@H](N)C(=O)Nc1cc(Br)ccc1Br. The number of amides is 1. The molecule has 1 amide bonds. The van der Waals surface area contributed by atoms with Gasteiger partial charge < -0.3 is 11.1 Å². The van der Waals surface area contributed by atoms with Crippen molar-refractivity contribution in [3.63, 3.8) is 0 Å². The smallest absolute Gasteiger partial charge is 0.241 e. The largest absolute Gasteiger partial charge is 0.324 e. The summed E-state index contributed by atoms with van der Waals surface area (Å²) in [6.45, 7) is 1.88. The minimum atomic E-state index is -0.462. The summed E-state index contributed by atoms with van der Waals surface area (Å²) in [4.78, 5) is 11.5. The van der Waals surface area contributed by atoms with Crippen LogP contribution in [0.5, 0.6) is 0 Å². The zero-order valence-electron chi connectivity index (χ0n) is 8.26. The van der Waals surface area contributed by atoms with Crippen molar-refractivity contribution in [2.45, 2.75) is 19.4 Å². The highest BCUT2D eigenvalue weighted by molar-refractivity contribution is 9.11. The first kappa shape index (κ1) is 12.7. The van der Waals surface area contributed by atoms with Gasteiger partial charge in [0, 0.05) is 8.95 Å². The molecule has 0 saturated carbocycles. The first-order chi connectivity index (χ1) is 7.04. The molecule has 0 aliphatic rings. The molecule has 0 unspecified atom stereocenters. The van der Waals surface area contributed by atoms with E-state index in [1.807, 2.05) is 25.1 Å². The molecular weight excluding hydrogens is 324 g/mol. The van der Waals surface area contributed by atoms with Gasteiger partial charge in [0.05, 0.1) is 11.7 Å². The monoisotopic (exact) mass is 334 g/mol. The lowest BCUT2D eigenvalue weighted by molar-refractivity contribution is -0.117. The Hall–Kier alpha value is -0.390. The van der Waals surface area contributed by atoms with Gasteiger partial charge in [0.1, 0.15) is 0 Å². The normalized spacial score (nSPS) is 12.3. The van der Waals surface area contributed by atoms with E-state index in [0.29, 0.717) is 6.42 Å². The van der Waals surface area contributed by atoms with Gasteiger partial charge in [0.15, 0.2) is 0 Å². The van der Waals surface area contributed by atoms with Gasteiger partial charge in [-0.2, -0.15) is 0 Å². The molecule has 0 saturated heterocycles. The molecule has 3 nitrogen and oxygen atoms in total. The number of nitrogens with two attached hydrogens (primary N) is 1. The summed E-state index contributed by atoms with van der Waals surface area (Å²) in [5, 5.41) is 2.76. The van der Waals surface area contributed by atoms with Gasteiger partial charge in [-0.1, -0.05) is 22.9 Å². The molecule has 82 valence electrons. The molecule has 0 bridgehead atoms. The first-order valence-electron chi connectivity index (χ1n) is 4.56. The van der Waals surface area contributed by atoms with Gasteiger partial charge >= 0.3 is 0 Å². The molecular formula is C10H12Br2N2O. The van der Waals surface area contributed by atoms with Crippen LogP contribution in [0.4, 0.5) is 5.69 Å². The highest BCUT2D eigenvalue weighted by Crippen LogP contribution is 2.26. The van der Waals surface area contributed by atoms with Crippen molar-refractivity contribution in [2.75, 3.05) is 5.32 Å². The van der Waals surface area contributed by atoms with Crippen LogP contribution in [-0.2, 0) is 4.79 Å². The third-order valence-corrected chi connectivity index (χ3v) is 3.15. The zero-order valence-corrected chi connectivity index (χ0v) is 11.4. The summed E-state index contributed by atoms with van der Waals surface area (Å²) in [7, 11) is 0. The van der Waals surface area contributed by atoms with Crippen LogP contribution in [0, 0.1) is 0 Å². The van der Waals surface area contributed by atoms with Crippen molar-refractivity contribution in [1.29, 1.82) is 0 Å². The number of benzene rings is 1. The maximum atomic E-state index is 11.5. The lowest BCUT2D eigenvalue weighted by Crippen LogP contribution is -2.34.